The second-order valence-electron chi connectivity index (χ2n) is 3.64. The number of hydrogen-bond acceptors (Lipinski definition) is 4. The van der Waals surface area contributed by atoms with Crippen molar-refractivity contribution in [3.8, 4) is 0 Å². The molecule has 0 atom stereocenters. The summed E-state index contributed by atoms with van der Waals surface area (Å²) in [6.07, 6.45) is 2.60. The molecule has 0 radical (unpaired) electrons. The summed E-state index contributed by atoms with van der Waals surface area (Å²) >= 11 is 5.72. The maximum absolute atomic E-state index is 11.5. The number of furan rings is 1. The first-order chi connectivity index (χ1) is 9.15. The number of ether oxygens (including phenoxy) is 1. The van der Waals surface area contributed by atoms with Crippen LogP contribution in [0.5, 0.6) is 0 Å². The Labute approximate surface area is 114 Å². The highest BCUT2D eigenvalue weighted by Gasteiger charge is 2.11. The summed E-state index contributed by atoms with van der Waals surface area (Å²) in [4.78, 5) is 23.0. The molecule has 2 rings (SSSR count). The average molecular weight is 280 g/mol. The zero-order valence-corrected chi connectivity index (χ0v) is 10.5. The summed E-state index contributed by atoms with van der Waals surface area (Å²) in [5.41, 5.74) is 0.841. The van der Waals surface area contributed by atoms with E-state index in [-0.39, 0.29) is 12.2 Å². The second-order valence-corrected chi connectivity index (χ2v) is 4.08. The van der Waals surface area contributed by atoms with E-state index in [1.54, 1.807) is 24.3 Å². The molecule has 0 aliphatic heterocycles. The number of carbonyl (C=O) groups is 2. The van der Waals surface area contributed by atoms with Crippen LogP contribution >= 0.6 is 11.6 Å². The maximum Gasteiger partial charge on any atom is 0.341 e. The molecule has 1 heterocycles. The first-order valence-corrected chi connectivity index (χ1v) is 5.78. The molecule has 0 fully saturated rings. The fourth-order valence-corrected chi connectivity index (χ4v) is 1.45. The van der Waals surface area contributed by atoms with Gasteiger partial charge in [-0.1, -0.05) is 11.6 Å². The van der Waals surface area contributed by atoms with Crippen LogP contribution in [-0.2, 0) is 9.53 Å². The number of esters is 1. The molecule has 1 aromatic carbocycles. The van der Waals surface area contributed by atoms with Gasteiger partial charge in [0.15, 0.2) is 6.61 Å². The Morgan fingerprint density at radius 3 is 2.58 bits per heavy atom. The summed E-state index contributed by atoms with van der Waals surface area (Å²) in [7, 11) is 0. The molecule has 0 spiro atoms. The monoisotopic (exact) mass is 279 g/mol. The van der Waals surface area contributed by atoms with Crippen molar-refractivity contribution in [3.05, 3.63) is 53.4 Å². The molecule has 19 heavy (non-hydrogen) atoms. The minimum absolute atomic E-state index is 0.263. The van der Waals surface area contributed by atoms with Crippen molar-refractivity contribution in [2.45, 2.75) is 0 Å². The van der Waals surface area contributed by atoms with Crippen LogP contribution in [-0.4, -0.2) is 18.5 Å². The van der Waals surface area contributed by atoms with Crippen LogP contribution in [0.4, 0.5) is 5.69 Å². The van der Waals surface area contributed by atoms with E-state index in [0.717, 1.165) is 0 Å². The van der Waals surface area contributed by atoms with Gasteiger partial charge >= 0.3 is 5.97 Å². The van der Waals surface area contributed by atoms with E-state index in [4.69, 9.17) is 20.8 Å². The second kappa shape index (κ2) is 6.06. The minimum Gasteiger partial charge on any atom is -0.472 e. The predicted octanol–water partition coefficient (Wildman–Crippen LogP) is 2.73. The summed E-state index contributed by atoms with van der Waals surface area (Å²) in [6, 6.07) is 8.05. The molecule has 0 aliphatic rings. The van der Waals surface area contributed by atoms with Gasteiger partial charge in [0.1, 0.15) is 6.26 Å². The van der Waals surface area contributed by atoms with E-state index in [2.05, 4.69) is 5.32 Å². The third-order valence-corrected chi connectivity index (χ3v) is 2.47. The lowest BCUT2D eigenvalue weighted by atomic mass is 10.3. The van der Waals surface area contributed by atoms with Crippen molar-refractivity contribution in [1.29, 1.82) is 0 Å². The normalized spacial score (nSPS) is 9.95. The molecular weight excluding hydrogens is 270 g/mol. The number of nitrogens with one attached hydrogen (secondary N) is 1. The summed E-state index contributed by atoms with van der Waals surface area (Å²) in [5, 5.41) is 3.15. The molecule has 1 amide bonds. The first-order valence-electron chi connectivity index (χ1n) is 5.40. The Bertz CT molecular complexity index is 563. The molecule has 0 saturated heterocycles. The van der Waals surface area contributed by atoms with Crippen LogP contribution < -0.4 is 5.32 Å². The van der Waals surface area contributed by atoms with Gasteiger partial charge in [-0.3, -0.25) is 4.79 Å². The quantitative estimate of drug-likeness (QED) is 0.874. The predicted molar refractivity (Wildman–Crippen MR) is 69.1 cm³/mol. The van der Waals surface area contributed by atoms with Gasteiger partial charge in [0.25, 0.3) is 5.91 Å². The van der Waals surface area contributed by atoms with Crippen molar-refractivity contribution in [2.24, 2.45) is 0 Å². The summed E-state index contributed by atoms with van der Waals surface area (Å²) in [6.45, 7) is -0.368. The highest BCUT2D eigenvalue weighted by molar-refractivity contribution is 6.30. The van der Waals surface area contributed by atoms with E-state index in [0.29, 0.717) is 10.7 Å². The third-order valence-electron chi connectivity index (χ3n) is 2.22. The molecule has 0 bridgehead atoms. The fourth-order valence-electron chi connectivity index (χ4n) is 1.33. The van der Waals surface area contributed by atoms with Gasteiger partial charge in [-0.2, -0.15) is 0 Å². The largest absolute Gasteiger partial charge is 0.472 e. The smallest absolute Gasteiger partial charge is 0.341 e. The number of hydrogen-bond donors (Lipinski definition) is 1. The van der Waals surface area contributed by atoms with Gasteiger partial charge in [-0.05, 0) is 30.3 Å². The molecule has 6 heteroatoms. The lowest BCUT2D eigenvalue weighted by Crippen LogP contribution is -2.20. The van der Waals surface area contributed by atoms with Gasteiger partial charge in [-0.25, -0.2) is 4.79 Å². The molecule has 1 N–H and O–H groups in total. The standard InChI is InChI=1S/C13H10ClNO4/c14-10-1-3-11(4-2-10)15-12(16)8-19-13(17)9-5-6-18-7-9/h1-7H,8H2,(H,15,16). The minimum atomic E-state index is -0.611. The molecule has 5 nitrogen and oxygen atoms in total. The van der Waals surface area contributed by atoms with Gasteiger partial charge in [0.2, 0.25) is 0 Å². The van der Waals surface area contributed by atoms with Crippen molar-refractivity contribution < 1.29 is 18.7 Å². The van der Waals surface area contributed by atoms with Crippen LogP contribution in [0.1, 0.15) is 10.4 Å². The number of benzene rings is 1. The van der Waals surface area contributed by atoms with Crippen molar-refractivity contribution in [2.75, 3.05) is 11.9 Å². The highest BCUT2D eigenvalue weighted by Crippen LogP contribution is 2.13. The van der Waals surface area contributed by atoms with Gasteiger partial charge in [-0.15, -0.1) is 0 Å². The first kappa shape index (κ1) is 13.2. The summed E-state index contributed by atoms with van der Waals surface area (Å²) < 4.78 is 9.54. The Kier molecular flexibility index (Phi) is 4.20. The lowest BCUT2D eigenvalue weighted by molar-refractivity contribution is -0.119. The summed E-state index contributed by atoms with van der Waals surface area (Å²) in [5.74, 6) is -1.04. The van der Waals surface area contributed by atoms with Crippen LogP contribution in [0.2, 0.25) is 5.02 Å². The van der Waals surface area contributed by atoms with Gasteiger partial charge in [0.05, 0.1) is 11.8 Å². The Balaban J connectivity index is 1.82. The molecular formula is C13H10ClNO4. The number of carbonyl (C=O) groups excluding carboxylic acids is 2. The van der Waals surface area contributed by atoms with E-state index in [1.165, 1.54) is 18.6 Å². The van der Waals surface area contributed by atoms with Crippen molar-refractivity contribution in [3.63, 3.8) is 0 Å². The number of halogens is 1. The SMILES string of the molecule is O=C(COC(=O)c1ccoc1)Nc1ccc(Cl)cc1. The zero-order valence-electron chi connectivity index (χ0n) is 9.76. The molecule has 98 valence electrons. The Hall–Kier alpha value is -2.27. The van der Waals surface area contributed by atoms with Crippen LogP contribution in [0, 0.1) is 0 Å². The Morgan fingerprint density at radius 2 is 1.95 bits per heavy atom. The fraction of sp³-hybridized carbons (Fsp3) is 0.0769. The number of amides is 1. The van der Waals surface area contributed by atoms with Gasteiger partial charge < -0.3 is 14.5 Å². The van der Waals surface area contributed by atoms with Crippen LogP contribution in [0.25, 0.3) is 0 Å². The van der Waals surface area contributed by atoms with Crippen LogP contribution in [0.15, 0.2) is 47.3 Å². The number of anilines is 1. The van der Waals surface area contributed by atoms with E-state index < -0.39 is 11.9 Å². The van der Waals surface area contributed by atoms with Crippen molar-refractivity contribution >= 4 is 29.2 Å². The van der Waals surface area contributed by atoms with E-state index in [1.807, 2.05) is 0 Å². The van der Waals surface area contributed by atoms with Gasteiger partial charge in [0, 0.05) is 10.7 Å². The van der Waals surface area contributed by atoms with Crippen molar-refractivity contribution in [1.82, 2.24) is 0 Å². The third kappa shape index (κ3) is 3.86. The van der Waals surface area contributed by atoms with E-state index in [9.17, 15) is 9.59 Å². The highest BCUT2D eigenvalue weighted by atomic mass is 35.5. The lowest BCUT2D eigenvalue weighted by Gasteiger charge is -2.05. The molecule has 0 saturated carbocycles. The average Bonchev–Trinajstić information content (AvgIpc) is 2.93. The number of rotatable bonds is 4. The molecule has 0 aliphatic carbocycles. The maximum atomic E-state index is 11.5. The van der Waals surface area contributed by atoms with E-state index >= 15 is 0 Å². The Morgan fingerprint density at radius 1 is 1.21 bits per heavy atom. The zero-order chi connectivity index (χ0) is 13.7. The molecule has 0 unspecified atom stereocenters. The molecule has 1 aromatic heterocycles. The van der Waals surface area contributed by atoms with Crippen LogP contribution in [0.3, 0.4) is 0 Å². The topological polar surface area (TPSA) is 68.5 Å². The molecule has 2 aromatic rings.